The van der Waals surface area contributed by atoms with Crippen LogP contribution in [0.3, 0.4) is 0 Å². The minimum atomic E-state index is -0.920. The first-order chi connectivity index (χ1) is 8.22. The van der Waals surface area contributed by atoms with E-state index in [0.29, 0.717) is 24.4 Å². The molecule has 0 aromatic heterocycles. The number of hydrogen-bond donors (Lipinski definition) is 2. The van der Waals surface area contributed by atoms with E-state index in [4.69, 9.17) is 9.39 Å². The molecule has 0 saturated carbocycles. The molecule has 0 aliphatic carbocycles. The number of carbonyl (C=O) groups is 1. The second-order valence-corrected chi connectivity index (χ2v) is 3.70. The van der Waals surface area contributed by atoms with Gasteiger partial charge in [-0.25, -0.2) is 0 Å². The highest BCUT2D eigenvalue weighted by Gasteiger charge is 2.29. The SMILES string of the molecule is CCOC(=O)CNc1cccc2c1B(O)OC2. The third-order valence-electron chi connectivity index (χ3n) is 2.57. The fourth-order valence-corrected chi connectivity index (χ4v) is 1.82. The quantitative estimate of drug-likeness (QED) is 0.562. The van der Waals surface area contributed by atoms with Gasteiger partial charge in [0.25, 0.3) is 0 Å². The Kier molecular flexibility index (Phi) is 3.66. The highest BCUT2D eigenvalue weighted by Crippen LogP contribution is 2.15. The van der Waals surface area contributed by atoms with Gasteiger partial charge >= 0.3 is 13.1 Å². The number of anilines is 1. The van der Waals surface area contributed by atoms with Crippen LogP contribution in [0.25, 0.3) is 0 Å². The van der Waals surface area contributed by atoms with Crippen molar-refractivity contribution in [2.75, 3.05) is 18.5 Å². The molecule has 6 heteroatoms. The lowest BCUT2D eigenvalue weighted by molar-refractivity contribution is -0.140. The average molecular weight is 235 g/mol. The van der Waals surface area contributed by atoms with Gasteiger partial charge < -0.3 is 19.7 Å². The van der Waals surface area contributed by atoms with Gasteiger partial charge in [-0.1, -0.05) is 12.1 Å². The second kappa shape index (κ2) is 5.20. The molecule has 0 saturated heterocycles. The Labute approximate surface area is 99.9 Å². The van der Waals surface area contributed by atoms with Gasteiger partial charge in [0.15, 0.2) is 0 Å². The topological polar surface area (TPSA) is 67.8 Å². The maximum Gasteiger partial charge on any atom is 0.493 e. The first-order valence-electron chi connectivity index (χ1n) is 5.53. The molecular formula is C11H14BNO4. The average Bonchev–Trinajstić information content (AvgIpc) is 2.70. The summed E-state index contributed by atoms with van der Waals surface area (Å²) in [6, 6.07) is 5.55. The van der Waals surface area contributed by atoms with Crippen molar-refractivity contribution in [1.82, 2.24) is 0 Å². The zero-order valence-corrected chi connectivity index (χ0v) is 9.60. The van der Waals surface area contributed by atoms with E-state index in [9.17, 15) is 9.82 Å². The zero-order chi connectivity index (χ0) is 12.3. The fourth-order valence-electron chi connectivity index (χ4n) is 1.82. The van der Waals surface area contributed by atoms with E-state index in [1.807, 2.05) is 12.1 Å². The molecule has 5 nitrogen and oxygen atoms in total. The summed E-state index contributed by atoms with van der Waals surface area (Å²) >= 11 is 0. The molecule has 1 aromatic rings. The Morgan fingerprint density at radius 3 is 3.24 bits per heavy atom. The minimum Gasteiger partial charge on any atom is -0.465 e. The van der Waals surface area contributed by atoms with Crippen LogP contribution in [0.2, 0.25) is 0 Å². The Morgan fingerprint density at radius 1 is 1.65 bits per heavy atom. The Morgan fingerprint density at radius 2 is 2.47 bits per heavy atom. The molecule has 0 bridgehead atoms. The van der Waals surface area contributed by atoms with E-state index in [1.165, 1.54) is 0 Å². The molecule has 0 amide bonds. The van der Waals surface area contributed by atoms with Crippen molar-refractivity contribution in [3.8, 4) is 0 Å². The van der Waals surface area contributed by atoms with Crippen LogP contribution in [0.1, 0.15) is 12.5 Å². The van der Waals surface area contributed by atoms with Gasteiger partial charge in [0, 0.05) is 11.2 Å². The van der Waals surface area contributed by atoms with Gasteiger partial charge in [-0.15, -0.1) is 0 Å². The van der Waals surface area contributed by atoms with Crippen molar-refractivity contribution < 1.29 is 19.2 Å². The Balaban J connectivity index is 2.07. The number of rotatable bonds is 4. The maximum absolute atomic E-state index is 11.2. The summed E-state index contributed by atoms with van der Waals surface area (Å²) in [4.78, 5) is 11.2. The van der Waals surface area contributed by atoms with Crippen LogP contribution in [0.4, 0.5) is 5.69 Å². The highest BCUT2D eigenvalue weighted by molar-refractivity contribution is 6.63. The standard InChI is InChI=1S/C11H14BNO4/c1-2-16-10(14)6-13-9-5-3-4-8-7-17-12(15)11(8)9/h3-5,13,15H,2,6-7H2,1H3. The number of carbonyl (C=O) groups excluding carboxylic acids is 1. The molecular weight excluding hydrogens is 221 g/mol. The summed E-state index contributed by atoms with van der Waals surface area (Å²) in [6.45, 7) is 2.59. The molecule has 0 radical (unpaired) electrons. The molecule has 2 N–H and O–H groups in total. The third-order valence-corrected chi connectivity index (χ3v) is 2.57. The van der Waals surface area contributed by atoms with Gasteiger partial charge in [-0.2, -0.15) is 0 Å². The van der Waals surface area contributed by atoms with Gasteiger partial charge in [0.2, 0.25) is 0 Å². The number of benzene rings is 1. The molecule has 1 aliphatic rings. The van der Waals surface area contributed by atoms with Crippen molar-refractivity contribution in [2.45, 2.75) is 13.5 Å². The fraction of sp³-hybridized carbons (Fsp3) is 0.364. The second-order valence-electron chi connectivity index (χ2n) is 3.70. The Bertz CT molecular complexity index is 424. The van der Waals surface area contributed by atoms with Crippen LogP contribution in [-0.2, 0) is 20.8 Å². The molecule has 1 aliphatic heterocycles. The predicted octanol–water partition coefficient (Wildman–Crippen LogP) is -0.121. The smallest absolute Gasteiger partial charge is 0.465 e. The number of ether oxygens (including phenoxy) is 1. The van der Waals surface area contributed by atoms with Gasteiger partial charge in [0.1, 0.15) is 6.54 Å². The lowest BCUT2D eigenvalue weighted by Gasteiger charge is -2.10. The van der Waals surface area contributed by atoms with Crippen LogP contribution < -0.4 is 10.8 Å². The molecule has 1 heterocycles. The van der Waals surface area contributed by atoms with E-state index in [2.05, 4.69) is 5.32 Å². The van der Waals surface area contributed by atoms with Crippen molar-refractivity contribution in [1.29, 1.82) is 0 Å². The summed E-state index contributed by atoms with van der Waals surface area (Å²) in [5.74, 6) is -0.321. The van der Waals surface area contributed by atoms with Crippen LogP contribution >= 0.6 is 0 Å². The summed E-state index contributed by atoms with van der Waals surface area (Å²) in [5, 5.41) is 12.6. The third kappa shape index (κ3) is 2.59. The van der Waals surface area contributed by atoms with Crippen LogP contribution in [0.5, 0.6) is 0 Å². The molecule has 0 spiro atoms. The first kappa shape index (κ1) is 11.9. The normalized spacial score (nSPS) is 13.4. The van der Waals surface area contributed by atoms with E-state index in [1.54, 1.807) is 13.0 Å². The molecule has 17 heavy (non-hydrogen) atoms. The van der Waals surface area contributed by atoms with Crippen LogP contribution in [0.15, 0.2) is 18.2 Å². The van der Waals surface area contributed by atoms with Crippen LogP contribution in [-0.4, -0.2) is 31.3 Å². The van der Waals surface area contributed by atoms with Gasteiger partial charge in [-0.05, 0) is 18.6 Å². The molecule has 2 rings (SSSR count). The minimum absolute atomic E-state index is 0.0804. The lowest BCUT2D eigenvalue weighted by Crippen LogP contribution is -2.32. The number of fused-ring (bicyclic) bond motifs is 1. The number of hydrogen-bond acceptors (Lipinski definition) is 5. The number of esters is 1. The molecule has 0 unspecified atom stereocenters. The first-order valence-corrected chi connectivity index (χ1v) is 5.53. The summed E-state index contributed by atoms with van der Waals surface area (Å²) < 4.78 is 9.93. The van der Waals surface area contributed by atoms with Crippen molar-refractivity contribution in [3.63, 3.8) is 0 Å². The summed E-state index contributed by atoms with van der Waals surface area (Å²) in [5.41, 5.74) is 2.35. The van der Waals surface area contributed by atoms with Gasteiger partial charge in [-0.3, -0.25) is 4.79 Å². The molecule has 1 aromatic carbocycles. The zero-order valence-electron chi connectivity index (χ0n) is 9.60. The molecule has 0 fully saturated rings. The summed E-state index contributed by atoms with van der Waals surface area (Å²) in [6.07, 6.45) is 0. The predicted molar refractivity (Wildman–Crippen MR) is 64.0 cm³/mol. The Hall–Kier alpha value is -1.53. The van der Waals surface area contributed by atoms with E-state index >= 15 is 0 Å². The highest BCUT2D eigenvalue weighted by atomic mass is 16.5. The lowest BCUT2D eigenvalue weighted by atomic mass is 9.78. The van der Waals surface area contributed by atoms with E-state index in [0.717, 1.165) is 5.56 Å². The van der Waals surface area contributed by atoms with Crippen LogP contribution in [0, 0.1) is 0 Å². The summed E-state index contributed by atoms with van der Waals surface area (Å²) in [7, 11) is -0.920. The monoisotopic (exact) mass is 235 g/mol. The van der Waals surface area contributed by atoms with E-state index in [-0.39, 0.29) is 12.5 Å². The number of nitrogens with one attached hydrogen (secondary N) is 1. The van der Waals surface area contributed by atoms with Gasteiger partial charge in [0.05, 0.1) is 13.2 Å². The largest absolute Gasteiger partial charge is 0.493 e. The molecule has 0 atom stereocenters. The van der Waals surface area contributed by atoms with Crippen molar-refractivity contribution in [2.24, 2.45) is 0 Å². The van der Waals surface area contributed by atoms with E-state index < -0.39 is 7.12 Å². The van der Waals surface area contributed by atoms with Crippen molar-refractivity contribution >= 4 is 24.2 Å². The maximum atomic E-state index is 11.2. The molecule has 90 valence electrons. The van der Waals surface area contributed by atoms with Crippen molar-refractivity contribution in [3.05, 3.63) is 23.8 Å².